The molecule has 3 aliphatic heterocycles. The zero-order valence-corrected chi connectivity index (χ0v) is 18.7. The second-order valence-electron chi connectivity index (χ2n) is 9.41. The monoisotopic (exact) mass is 460 g/mol. The maximum absolute atomic E-state index is 13.5. The summed E-state index contributed by atoms with van der Waals surface area (Å²) in [6, 6.07) is 5.17. The van der Waals surface area contributed by atoms with Gasteiger partial charge in [0.25, 0.3) is 5.91 Å². The highest BCUT2D eigenvalue weighted by molar-refractivity contribution is 5.95. The molecular formula is C24H32N2O7. The Kier molecular flexibility index (Phi) is 6.71. The smallest absolute Gasteiger partial charge is 0.254 e. The van der Waals surface area contributed by atoms with E-state index in [1.165, 1.54) is 12.8 Å². The molecule has 2 amide bonds. The first-order chi connectivity index (χ1) is 16.1. The number of benzene rings is 1. The van der Waals surface area contributed by atoms with Crippen LogP contribution in [0.2, 0.25) is 0 Å². The minimum Gasteiger partial charge on any atom is -0.454 e. The Bertz CT molecular complexity index is 872. The Balaban J connectivity index is 1.27. The third-order valence-electron chi connectivity index (χ3n) is 6.99. The molecule has 1 saturated carbocycles. The molecule has 2 saturated heterocycles. The molecule has 180 valence electrons. The van der Waals surface area contributed by atoms with Gasteiger partial charge in [0.15, 0.2) is 11.5 Å². The molecule has 1 aromatic carbocycles. The van der Waals surface area contributed by atoms with Gasteiger partial charge in [-0.15, -0.1) is 0 Å². The van der Waals surface area contributed by atoms with Gasteiger partial charge in [0, 0.05) is 18.2 Å². The number of nitrogens with zero attached hydrogens (tertiary/aromatic N) is 1. The number of nitrogens with one attached hydrogen (secondary N) is 1. The second-order valence-corrected chi connectivity index (χ2v) is 9.41. The Labute approximate surface area is 193 Å². The van der Waals surface area contributed by atoms with Crippen LogP contribution < -0.4 is 14.8 Å². The van der Waals surface area contributed by atoms with Crippen LogP contribution in [-0.4, -0.2) is 78.8 Å². The van der Waals surface area contributed by atoms with E-state index in [1.807, 2.05) is 0 Å². The molecule has 0 aromatic heterocycles. The van der Waals surface area contributed by atoms with E-state index in [-0.39, 0.29) is 62.7 Å². The molecule has 3 fully saturated rings. The number of aliphatic hydroxyl groups is 1. The maximum atomic E-state index is 13.5. The summed E-state index contributed by atoms with van der Waals surface area (Å²) in [6.07, 6.45) is 4.77. The van der Waals surface area contributed by atoms with E-state index in [0.29, 0.717) is 36.3 Å². The second kappa shape index (κ2) is 9.87. The van der Waals surface area contributed by atoms with Gasteiger partial charge in [0.1, 0.15) is 6.10 Å². The van der Waals surface area contributed by atoms with Crippen LogP contribution in [-0.2, 0) is 14.3 Å². The molecule has 0 spiro atoms. The standard InChI is InChI=1S/C24H32N2O7/c27-17-11-26(24(29)15-5-8-20-21(9-15)32-14-31-20)19-7-6-18(33-22(19)13-30-12-17)10-23(28)25-16-3-1-2-4-16/h5,8-9,16-19,22,27H,1-4,6-7,10-14H2,(H,25,28)/t17-,18+,19-,22+/m0/s1. The number of carbonyl (C=O) groups excluding carboxylic acids is 2. The average Bonchev–Trinajstić information content (AvgIpc) is 3.47. The summed E-state index contributed by atoms with van der Waals surface area (Å²) in [6.45, 7) is 0.698. The third kappa shape index (κ3) is 5.10. The summed E-state index contributed by atoms with van der Waals surface area (Å²) in [7, 11) is 0. The van der Waals surface area contributed by atoms with E-state index in [4.69, 9.17) is 18.9 Å². The van der Waals surface area contributed by atoms with Crippen molar-refractivity contribution in [2.24, 2.45) is 0 Å². The molecule has 3 heterocycles. The normalized spacial score (nSPS) is 29.8. The molecule has 1 aliphatic carbocycles. The van der Waals surface area contributed by atoms with Crippen molar-refractivity contribution in [3.05, 3.63) is 23.8 Å². The topological polar surface area (TPSA) is 107 Å². The number of hydrogen-bond acceptors (Lipinski definition) is 7. The quantitative estimate of drug-likeness (QED) is 0.703. The highest BCUT2D eigenvalue weighted by Gasteiger charge is 2.40. The predicted octanol–water partition coefficient (Wildman–Crippen LogP) is 1.61. The van der Waals surface area contributed by atoms with Crippen LogP contribution in [0.15, 0.2) is 18.2 Å². The number of hydrogen-bond donors (Lipinski definition) is 2. The molecule has 4 atom stereocenters. The molecule has 0 unspecified atom stereocenters. The first-order valence-corrected chi connectivity index (χ1v) is 12.0. The van der Waals surface area contributed by atoms with Crippen molar-refractivity contribution in [3.8, 4) is 11.5 Å². The minimum atomic E-state index is -0.779. The largest absolute Gasteiger partial charge is 0.454 e. The zero-order valence-electron chi connectivity index (χ0n) is 18.7. The number of fused-ring (bicyclic) bond motifs is 2. The van der Waals surface area contributed by atoms with Crippen molar-refractivity contribution in [3.63, 3.8) is 0 Å². The van der Waals surface area contributed by atoms with Gasteiger partial charge in [0.2, 0.25) is 12.7 Å². The van der Waals surface area contributed by atoms with Gasteiger partial charge >= 0.3 is 0 Å². The lowest BCUT2D eigenvalue weighted by atomic mass is 9.94. The predicted molar refractivity (Wildman–Crippen MR) is 117 cm³/mol. The lowest BCUT2D eigenvalue weighted by Gasteiger charge is -2.44. The van der Waals surface area contributed by atoms with E-state index in [9.17, 15) is 14.7 Å². The van der Waals surface area contributed by atoms with Gasteiger partial charge in [-0.05, 0) is 43.9 Å². The van der Waals surface area contributed by atoms with E-state index >= 15 is 0 Å². The van der Waals surface area contributed by atoms with Crippen LogP contribution in [0, 0.1) is 0 Å². The van der Waals surface area contributed by atoms with Gasteiger partial charge in [-0.3, -0.25) is 9.59 Å². The highest BCUT2D eigenvalue weighted by Crippen LogP contribution is 2.34. The first kappa shape index (κ1) is 22.4. The fourth-order valence-electron chi connectivity index (χ4n) is 5.33. The van der Waals surface area contributed by atoms with Crippen molar-refractivity contribution in [2.75, 3.05) is 26.6 Å². The molecular weight excluding hydrogens is 428 g/mol. The van der Waals surface area contributed by atoms with Crippen molar-refractivity contribution >= 4 is 11.8 Å². The number of amides is 2. The van der Waals surface area contributed by atoms with Crippen molar-refractivity contribution in [2.45, 2.75) is 75.3 Å². The van der Waals surface area contributed by atoms with E-state index in [2.05, 4.69) is 5.32 Å². The number of rotatable bonds is 4. The number of carbonyl (C=O) groups is 2. The van der Waals surface area contributed by atoms with Crippen molar-refractivity contribution in [1.82, 2.24) is 10.2 Å². The maximum Gasteiger partial charge on any atom is 0.254 e. The van der Waals surface area contributed by atoms with Crippen LogP contribution in [0.1, 0.15) is 55.3 Å². The molecule has 5 rings (SSSR count). The van der Waals surface area contributed by atoms with E-state index in [1.54, 1.807) is 23.1 Å². The lowest BCUT2D eigenvalue weighted by molar-refractivity contribution is -0.151. The summed E-state index contributed by atoms with van der Waals surface area (Å²) in [5.74, 6) is 0.998. The molecule has 2 N–H and O–H groups in total. The Morgan fingerprint density at radius 2 is 1.88 bits per heavy atom. The van der Waals surface area contributed by atoms with Gasteiger partial charge in [-0.2, -0.15) is 0 Å². The van der Waals surface area contributed by atoms with Crippen LogP contribution in [0.5, 0.6) is 11.5 Å². The summed E-state index contributed by atoms with van der Waals surface area (Å²) >= 11 is 0. The molecule has 0 bridgehead atoms. The van der Waals surface area contributed by atoms with E-state index < -0.39 is 6.10 Å². The number of aliphatic hydroxyl groups excluding tert-OH is 1. The SMILES string of the molecule is O=C(C[C@H]1CC[C@H]2[C@@H](COC[C@@H](O)CN2C(=O)c2ccc3c(c2)OCO3)O1)NC1CCCC1. The number of ether oxygens (including phenoxy) is 4. The summed E-state index contributed by atoms with van der Waals surface area (Å²) in [5.41, 5.74) is 0.477. The summed E-state index contributed by atoms with van der Waals surface area (Å²) in [5, 5.41) is 13.5. The fourth-order valence-corrected chi connectivity index (χ4v) is 5.33. The Morgan fingerprint density at radius 1 is 1.06 bits per heavy atom. The lowest BCUT2D eigenvalue weighted by Crippen LogP contribution is -2.57. The van der Waals surface area contributed by atoms with Crippen molar-refractivity contribution in [1.29, 1.82) is 0 Å². The first-order valence-electron chi connectivity index (χ1n) is 12.0. The van der Waals surface area contributed by atoms with E-state index in [0.717, 1.165) is 12.8 Å². The van der Waals surface area contributed by atoms with Gasteiger partial charge in [0.05, 0.1) is 37.9 Å². The van der Waals surface area contributed by atoms with Crippen LogP contribution in [0.3, 0.4) is 0 Å². The van der Waals surface area contributed by atoms with Crippen molar-refractivity contribution < 1.29 is 33.6 Å². The van der Waals surface area contributed by atoms with Crippen LogP contribution in [0.25, 0.3) is 0 Å². The van der Waals surface area contributed by atoms with Crippen LogP contribution >= 0.6 is 0 Å². The van der Waals surface area contributed by atoms with Gasteiger partial charge in [-0.25, -0.2) is 0 Å². The van der Waals surface area contributed by atoms with Gasteiger partial charge < -0.3 is 34.3 Å². The average molecular weight is 461 g/mol. The Hall–Kier alpha value is -2.36. The zero-order chi connectivity index (χ0) is 22.8. The molecule has 1 aromatic rings. The van der Waals surface area contributed by atoms with Crippen LogP contribution in [0.4, 0.5) is 0 Å². The molecule has 9 heteroatoms. The van der Waals surface area contributed by atoms with Gasteiger partial charge in [-0.1, -0.05) is 12.8 Å². The highest BCUT2D eigenvalue weighted by atomic mass is 16.7. The summed E-state index contributed by atoms with van der Waals surface area (Å²) in [4.78, 5) is 27.7. The summed E-state index contributed by atoms with van der Waals surface area (Å²) < 4.78 is 22.7. The fraction of sp³-hybridized carbons (Fsp3) is 0.667. The molecule has 0 radical (unpaired) electrons. The molecule has 9 nitrogen and oxygen atoms in total. The number of β-amino-alcohol motifs (C(OH)–C–C–N with tert-alkyl or cyclic N) is 1. The molecule has 4 aliphatic rings. The third-order valence-corrected chi connectivity index (χ3v) is 6.99. The minimum absolute atomic E-state index is 0.0285. The Morgan fingerprint density at radius 3 is 2.73 bits per heavy atom. The molecule has 33 heavy (non-hydrogen) atoms.